The van der Waals surface area contributed by atoms with Gasteiger partial charge in [0.2, 0.25) is 0 Å². The van der Waals surface area contributed by atoms with E-state index in [2.05, 4.69) is 45.1 Å². The summed E-state index contributed by atoms with van der Waals surface area (Å²) in [5, 5.41) is 9.92. The highest BCUT2D eigenvalue weighted by Crippen LogP contribution is 2.23. The molecular formula is C20H21BrN2O2. The van der Waals surface area contributed by atoms with Gasteiger partial charge in [-0.05, 0) is 23.8 Å². The molecule has 4 nitrogen and oxygen atoms in total. The standard InChI is InChI=1S/C20H21BrN2O2/c21-17-8-9-19(24)18(15-17)20(25)23-13-11-22(12-14-23)10-4-7-16-5-2-1-3-6-16/h1-9,15,24H,10-14H2. The highest BCUT2D eigenvalue weighted by molar-refractivity contribution is 9.10. The molecule has 5 heteroatoms. The molecular weight excluding hydrogens is 380 g/mol. The highest BCUT2D eigenvalue weighted by atomic mass is 79.9. The number of phenolic OH excluding ortho intramolecular Hbond substituents is 1. The van der Waals surface area contributed by atoms with Crippen molar-refractivity contribution >= 4 is 27.9 Å². The van der Waals surface area contributed by atoms with Crippen LogP contribution in [0.4, 0.5) is 0 Å². The van der Waals surface area contributed by atoms with Crippen molar-refractivity contribution in [2.45, 2.75) is 0 Å². The molecule has 3 rings (SSSR count). The van der Waals surface area contributed by atoms with Crippen LogP contribution >= 0.6 is 15.9 Å². The number of rotatable bonds is 4. The van der Waals surface area contributed by atoms with Gasteiger partial charge in [-0.2, -0.15) is 0 Å². The first-order chi connectivity index (χ1) is 12.1. The molecule has 0 spiro atoms. The zero-order valence-electron chi connectivity index (χ0n) is 13.9. The second kappa shape index (κ2) is 8.32. The second-order valence-corrected chi connectivity index (χ2v) is 6.98. The maximum Gasteiger partial charge on any atom is 0.257 e. The summed E-state index contributed by atoms with van der Waals surface area (Å²) in [5.74, 6) is -0.0836. The van der Waals surface area contributed by atoms with E-state index in [0.29, 0.717) is 18.7 Å². The van der Waals surface area contributed by atoms with E-state index in [4.69, 9.17) is 0 Å². The normalized spacial score (nSPS) is 15.6. The van der Waals surface area contributed by atoms with E-state index in [0.717, 1.165) is 24.1 Å². The van der Waals surface area contributed by atoms with Crippen molar-refractivity contribution in [1.29, 1.82) is 0 Å². The molecule has 0 bridgehead atoms. The van der Waals surface area contributed by atoms with Crippen LogP contribution in [0.5, 0.6) is 5.75 Å². The Morgan fingerprint density at radius 3 is 2.52 bits per heavy atom. The van der Waals surface area contributed by atoms with Gasteiger partial charge in [0.25, 0.3) is 5.91 Å². The van der Waals surface area contributed by atoms with Crippen LogP contribution in [-0.2, 0) is 0 Å². The van der Waals surface area contributed by atoms with E-state index in [1.165, 1.54) is 5.56 Å². The fourth-order valence-electron chi connectivity index (χ4n) is 2.89. The number of benzene rings is 2. The summed E-state index contributed by atoms with van der Waals surface area (Å²) in [6.45, 7) is 3.88. The summed E-state index contributed by atoms with van der Waals surface area (Å²) in [6, 6.07) is 15.2. The summed E-state index contributed by atoms with van der Waals surface area (Å²) >= 11 is 3.35. The molecule has 0 saturated carbocycles. The number of phenols is 1. The summed E-state index contributed by atoms with van der Waals surface area (Å²) in [4.78, 5) is 16.7. The number of carbonyl (C=O) groups excluding carboxylic acids is 1. The summed E-state index contributed by atoms with van der Waals surface area (Å²) in [5.41, 5.74) is 1.55. The van der Waals surface area contributed by atoms with Crippen molar-refractivity contribution < 1.29 is 9.90 Å². The zero-order chi connectivity index (χ0) is 17.6. The Balaban J connectivity index is 1.52. The molecule has 1 amide bonds. The lowest BCUT2D eigenvalue weighted by Crippen LogP contribution is -2.48. The van der Waals surface area contributed by atoms with Crippen LogP contribution in [0.2, 0.25) is 0 Å². The van der Waals surface area contributed by atoms with E-state index in [1.54, 1.807) is 23.1 Å². The molecule has 130 valence electrons. The van der Waals surface area contributed by atoms with Gasteiger partial charge in [-0.3, -0.25) is 9.69 Å². The first-order valence-electron chi connectivity index (χ1n) is 8.35. The van der Waals surface area contributed by atoms with E-state index in [1.807, 2.05) is 18.2 Å². The minimum absolute atomic E-state index is 0.0291. The molecule has 25 heavy (non-hydrogen) atoms. The number of amides is 1. The number of hydrogen-bond donors (Lipinski definition) is 1. The van der Waals surface area contributed by atoms with Crippen molar-refractivity contribution in [3.8, 4) is 5.75 Å². The van der Waals surface area contributed by atoms with Crippen molar-refractivity contribution in [2.75, 3.05) is 32.7 Å². The number of carbonyl (C=O) groups is 1. The molecule has 1 saturated heterocycles. The zero-order valence-corrected chi connectivity index (χ0v) is 15.5. The van der Waals surface area contributed by atoms with Crippen molar-refractivity contribution in [1.82, 2.24) is 9.80 Å². The lowest BCUT2D eigenvalue weighted by atomic mass is 10.1. The van der Waals surface area contributed by atoms with Gasteiger partial charge in [-0.25, -0.2) is 0 Å². The van der Waals surface area contributed by atoms with Crippen LogP contribution in [0, 0.1) is 0 Å². The molecule has 2 aromatic carbocycles. The first kappa shape index (κ1) is 17.7. The molecule has 1 N–H and O–H groups in total. The molecule has 1 heterocycles. The third kappa shape index (κ3) is 4.71. The molecule has 0 atom stereocenters. The second-order valence-electron chi connectivity index (χ2n) is 6.07. The Morgan fingerprint density at radius 2 is 1.80 bits per heavy atom. The number of hydrogen-bond acceptors (Lipinski definition) is 3. The van der Waals surface area contributed by atoms with Gasteiger partial charge in [-0.1, -0.05) is 58.4 Å². The van der Waals surface area contributed by atoms with Gasteiger partial charge in [0.15, 0.2) is 0 Å². The van der Waals surface area contributed by atoms with Gasteiger partial charge in [0, 0.05) is 37.2 Å². The van der Waals surface area contributed by atoms with Gasteiger partial charge < -0.3 is 10.0 Å². The average Bonchev–Trinajstić information content (AvgIpc) is 2.65. The molecule has 0 aliphatic carbocycles. The highest BCUT2D eigenvalue weighted by Gasteiger charge is 2.23. The third-order valence-corrected chi connectivity index (χ3v) is 4.82. The van der Waals surface area contributed by atoms with Crippen LogP contribution in [0.25, 0.3) is 6.08 Å². The van der Waals surface area contributed by atoms with Crippen molar-refractivity contribution in [2.24, 2.45) is 0 Å². The molecule has 0 radical (unpaired) electrons. The maximum absolute atomic E-state index is 12.6. The Morgan fingerprint density at radius 1 is 1.08 bits per heavy atom. The maximum atomic E-state index is 12.6. The van der Waals surface area contributed by atoms with Gasteiger partial charge in [-0.15, -0.1) is 0 Å². The number of halogens is 1. The van der Waals surface area contributed by atoms with Crippen LogP contribution in [0.3, 0.4) is 0 Å². The number of piperazine rings is 1. The molecule has 1 aliphatic rings. The lowest BCUT2D eigenvalue weighted by Gasteiger charge is -2.34. The Kier molecular flexibility index (Phi) is 5.89. The quantitative estimate of drug-likeness (QED) is 0.851. The van der Waals surface area contributed by atoms with Gasteiger partial charge in [0.1, 0.15) is 5.75 Å². The Labute approximate surface area is 156 Å². The molecule has 2 aromatic rings. The number of aromatic hydroxyl groups is 1. The predicted octanol–water partition coefficient (Wildman–Crippen LogP) is 3.63. The largest absolute Gasteiger partial charge is 0.507 e. The Hall–Kier alpha value is -2.11. The van der Waals surface area contributed by atoms with Crippen LogP contribution in [0.15, 0.2) is 59.1 Å². The Bertz CT molecular complexity index is 754. The minimum Gasteiger partial charge on any atom is -0.507 e. The molecule has 1 fully saturated rings. The van der Waals surface area contributed by atoms with Crippen LogP contribution < -0.4 is 0 Å². The smallest absolute Gasteiger partial charge is 0.257 e. The summed E-state index contributed by atoms with van der Waals surface area (Å²) in [6.07, 6.45) is 4.28. The predicted molar refractivity (Wildman–Crippen MR) is 104 cm³/mol. The van der Waals surface area contributed by atoms with Crippen molar-refractivity contribution in [3.05, 3.63) is 70.2 Å². The molecule has 1 aliphatic heterocycles. The fraction of sp³-hybridized carbons (Fsp3) is 0.250. The monoisotopic (exact) mass is 400 g/mol. The third-order valence-electron chi connectivity index (χ3n) is 4.32. The van der Waals surface area contributed by atoms with E-state index >= 15 is 0 Å². The van der Waals surface area contributed by atoms with Gasteiger partial charge in [0.05, 0.1) is 5.56 Å². The topological polar surface area (TPSA) is 43.8 Å². The van der Waals surface area contributed by atoms with E-state index < -0.39 is 0 Å². The molecule has 0 unspecified atom stereocenters. The van der Waals surface area contributed by atoms with Crippen LogP contribution in [-0.4, -0.2) is 53.5 Å². The van der Waals surface area contributed by atoms with Gasteiger partial charge >= 0.3 is 0 Å². The number of nitrogens with zero attached hydrogens (tertiary/aromatic N) is 2. The van der Waals surface area contributed by atoms with E-state index in [-0.39, 0.29) is 11.7 Å². The van der Waals surface area contributed by atoms with Crippen molar-refractivity contribution in [3.63, 3.8) is 0 Å². The summed E-state index contributed by atoms with van der Waals surface area (Å²) in [7, 11) is 0. The summed E-state index contributed by atoms with van der Waals surface area (Å²) < 4.78 is 0.790. The fourth-order valence-corrected chi connectivity index (χ4v) is 3.25. The minimum atomic E-state index is -0.113. The first-order valence-corrected chi connectivity index (χ1v) is 9.14. The van der Waals surface area contributed by atoms with E-state index in [9.17, 15) is 9.90 Å². The SMILES string of the molecule is O=C(c1cc(Br)ccc1O)N1CCN(CC=Cc2ccccc2)CC1. The van der Waals surface area contributed by atoms with Crippen LogP contribution in [0.1, 0.15) is 15.9 Å². The lowest BCUT2D eigenvalue weighted by molar-refractivity contribution is 0.0647. The molecule has 0 aromatic heterocycles. The average molecular weight is 401 g/mol.